The van der Waals surface area contributed by atoms with E-state index in [0.717, 1.165) is 0 Å². The number of hydrogen-bond donors (Lipinski definition) is 4. The number of rotatable bonds is 9. The first-order valence-corrected chi connectivity index (χ1v) is 10.7. The van der Waals surface area contributed by atoms with Crippen molar-refractivity contribution in [3.8, 4) is 0 Å². The minimum absolute atomic E-state index is 0.202. The summed E-state index contributed by atoms with van der Waals surface area (Å²) in [6.07, 6.45) is 6.00. The molecule has 6 N–H and O–H groups in total. The van der Waals surface area contributed by atoms with Gasteiger partial charge in [-0.3, -0.25) is 24.0 Å². The van der Waals surface area contributed by atoms with Crippen LogP contribution in [-0.4, -0.2) is 59.1 Å². The van der Waals surface area contributed by atoms with Gasteiger partial charge < -0.3 is 27.0 Å². The summed E-state index contributed by atoms with van der Waals surface area (Å²) in [6, 6.07) is 1.09. The maximum absolute atomic E-state index is 13.2. The fourth-order valence-corrected chi connectivity index (χ4v) is 4.15. The summed E-state index contributed by atoms with van der Waals surface area (Å²) in [5.74, 6) is -2.09. The van der Waals surface area contributed by atoms with Crippen LogP contribution in [0.3, 0.4) is 0 Å². The Balaban J connectivity index is 1.68. The molecule has 2 fully saturated rings. The summed E-state index contributed by atoms with van der Waals surface area (Å²) >= 11 is 0. The molecule has 2 aliphatic heterocycles. The van der Waals surface area contributed by atoms with Crippen LogP contribution in [0.25, 0.3) is 0 Å². The predicted octanol–water partition coefficient (Wildman–Crippen LogP) is -1.91. The molecule has 0 aliphatic carbocycles. The molecule has 3 rings (SSSR count). The fraction of sp³-hybridized carbons (Fsp3) is 0.524. The number of aromatic nitrogens is 1. The highest BCUT2D eigenvalue weighted by Crippen LogP contribution is 2.19. The lowest BCUT2D eigenvalue weighted by molar-refractivity contribution is -0.697. The fourth-order valence-electron chi connectivity index (χ4n) is 4.15. The molecule has 0 saturated carbocycles. The molecule has 172 valence electrons. The zero-order chi connectivity index (χ0) is 23.3. The Bertz CT molecular complexity index is 920. The second kappa shape index (κ2) is 10.2. The highest BCUT2D eigenvalue weighted by atomic mass is 16.2. The lowest BCUT2D eigenvalue weighted by Gasteiger charge is -2.28. The quantitative estimate of drug-likeness (QED) is 0.325. The van der Waals surface area contributed by atoms with Crippen LogP contribution in [0.2, 0.25) is 0 Å². The van der Waals surface area contributed by atoms with E-state index in [1.165, 1.54) is 4.90 Å². The standard InChI is InChI=1S/C21H28N6O5/c22-18(29)13-4-1-9-26(12-13)10-2-5-15(25-20(31)14-7-8-17(28)24-14)21(32)27-11-3-6-16(27)19(23)30/h1,4,9,12,14-16H,2-3,5-8,10-11H2,(H5-,22,23,24,25,28,29,30,31)/p+1/t14-,15-,16-/m0/s1. The van der Waals surface area contributed by atoms with Gasteiger partial charge in [0.1, 0.15) is 30.2 Å². The van der Waals surface area contributed by atoms with Gasteiger partial charge >= 0.3 is 0 Å². The first kappa shape index (κ1) is 23.2. The van der Waals surface area contributed by atoms with Crippen LogP contribution in [0.15, 0.2) is 24.5 Å². The summed E-state index contributed by atoms with van der Waals surface area (Å²) in [6.45, 7) is 0.883. The molecule has 32 heavy (non-hydrogen) atoms. The summed E-state index contributed by atoms with van der Waals surface area (Å²) in [4.78, 5) is 61.9. The van der Waals surface area contributed by atoms with E-state index in [2.05, 4.69) is 10.6 Å². The zero-order valence-corrected chi connectivity index (χ0v) is 17.8. The van der Waals surface area contributed by atoms with Gasteiger partial charge in [0.15, 0.2) is 12.4 Å². The van der Waals surface area contributed by atoms with Crippen molar-refractivity contribution in [2.45, 2.75) is 63.2 Å². The number of likely N-dealkylation sites (tertiary alicyclic amines) is 1. The maximum Gasteiger partial charge on any atom is 0.254 e. The van der Waals surface area contributed by atoms with Crippen molar-refractivity contribution < 1.29 is 28.5 Å². The Kier molecular flexibility index (Phi) is 7.39. The van der Waals surface area contributed by atoms with E-state index in [1.807, 2.05) is 0 Å². The molecular weight excluding hydrogens is 416 g/mol. The molecular formula is C21H29N6O5+. The summed E-state index contributed by atoms with van der Waals surface area (Å²) in [7, 11) is 0. The minimum atomic E-state index is -0.861. The Hall–Kier alpha value is -3.50. The molecule has 2 aliphatic rings. The van der Waals surface area contributed by atoms with E-state index >= 15 is 0 Å². The summed E-state index contributed by atoms with van der Waals surface area (Å²) < 4.78 is 1.78. The second-order valence-electron chi connectivity index (χ2n) is 8.15. The van der Waals surface area contributed by atoms with Gasteiger partial charge in [-0.05, 0) is 31.7 Å². The molecule has 0 spiro atoms. The molecule has 0 radical (unpaired) electrons. The van der Waals surface area contributed by atoms with Crippen LogP contribution >= 0.6 is 0 Å². The smallest absolute Gasteiger partial charge is 0.254 e. The Morgan fingerprint density at radius 1 is 1.25 bits per heavy atom. The Morgan fingerprint density at radius 3 is 2.69 bits per heavy atom. The molecule has 0 aromatic carbocycles. The summed E-state index contributed by atoms with van der Waals surface area (Å²) in [5.41, 5.74) is 11.1. The molecule has 5 amide bonds. The monoisotopic (exact) mass is 445 g/mol. The highest BCUT2D eigenvalue weighted by Gasteiger charge is 2.38. The van der Waals surface area contributed by atoms with Crippen LogP contribution in [0.1, 0.15) is 48.9 Å². The third kappa shape index (κ3) is 5.59. The van der Waals surface area contributed by atoms with Gasteiger partial charge in [0.2, 0.25) is 23.6 Å². The molecule has 1 aromatic heterocycles. The number of pyridine rings is 1. The number of amides is 5. The topological polar surface area (TPSA) is 169 Å². The predicted molar refractivity (Wildman–Crippen MR) is 111 cm³/mol. The van der Waals surface area contributed by atoms with Crippen molar-refractivity contribution in [3.63, 3.8) is 0 Å². The highest BCUT2D eigenvalue weighted by molar-refractivity contribution is 5.95. The Labute approximate surface area is 185 Å². The second-order valence-corrected chi connectivity index (χ2v) is 8.15. The SMILES string of the molecule is NC(=O)c1ccc[n+](CCC[C@H](NC(=O)[C@@H]2CCC(=O)N2)C(=O)N2CCC[C@H]2C(N)=O)c1. The van der Waals surface area contributed by atoms with E-state index in [4.69, 9.17) is 11.5 Å². The number of aryl methyl sites for hydroxylation is 1. The third-order valence-corrected chi connectivity index (χ3v) is 5.84. The number of nitrogens with one attached hydrogen (secondary N) is 2. The lowest BCUT2D eigenvalue weighted by Crippen LogP contribution is -2.55. The van der Waals surface area contributed by atoms with Gasteiger partial charge in [-0.1, -0.05) is 0 Å². The molecule has 0 bridgehead atoms. The van der Waals surface area contributed by atoms with Crippen LogP contribution in [0.5, 0.6) is 0 Å². The Morgan fingerprint density at radius 2 is 2.03 bits per heavy atom. The van der Waals surface area contributed by atoms with E-state index < -0.39 is 35.8 Å². The van der Waals surface area contributed by atoms with Crippen molar-refractivity contribution in [3.05, 3.63) is 30.1 Å². The van der Waals surface area contributed by atoms with Gasteiger partial charge in [-0.15, -0.1) is 0 Å². The largest absolute Gasteiger partial charge is 0.368 e. The molecule has 3 heterocycles. The molecule has 11 heteroatoms. The van der Waals surface area contributed by atoms with Crippen molar-refractivity contribution in [1.29, 1.82) is 0 Å². The number of carbonyl (C=O) groups is 5. The van der Waals surface area contributed by atoms with Crippen molar-refractivity contribution >= 4 is 29.5 Å². The van der Waals surface area contributed by atoms with Crippen LogP contribution in [0.4, 0.5) is 0 Å². The van der Waals surface area contributed by atoms with E-state index in [1.54, 1.807) is 29.1 Å². The number of carbonyl (C=O) groups excluding carboxylic acids is 5. The summed E-state index contributed by atoms with van der Waals surface area (Å²) in [5, 5.41) is 5.35. The van der Waals surface area contributed by atoms with Crippen LogP contribution < -0.4 is 26.7 Å². The molecule has 2 saturated heterocycles. The van der Waals surface area contributed by atoms with Crippen molar-refractivity contribution in [1.82, 2.24) is 15.5 Å². The average molecular weight is 446 g/mol. The van der Waals surface area contributed by atoms with Gasteiger partial charge in [-0.25, -0.2) is 4.57 Å². The first-order valence-electron chi connectivity index (χ1n) is 10.7. The lowest BCUT2D eigenvalue weighted by atomic mass is 10.1. The van der Waals surface area contributed by atoms with E-state index in [-0.39, 0.29) is 18.2 Å². The molecule has 11 nitrogen and oxygen atoms in total. The average Bonchev–Trinajstić information content (AvgIpc) is 3.42. The molecule has 3 atom stereocenters. The van der Waals surface area contributed by atoms with Crippen molar-refractivity contribution in [2.24, 2.45) is 11.5 Å². The van der Waals surface area contributed by atoms with E-state index in [9.17, 15) is 24.0 Å². The maximum atomic E-state index is 13.2. The number of hydrogen-bond acceptors (Lipinski definition) is 5. The van der Waals surface area contributed by atoms with Gasteiger partial charge in [0.05, 0.1) is 0 Å². The number of primary amides is 2. The number of nitrogens with two attached hydrogens (primary N) is 2. The van der Waals surface area contributed by atoms with Gasteiger partial charge in [-0.2, -0.15) is 0 Å². The van der Waals surface area contributed by atoms with Gasteiger partial charge in [0, 0.05) is 25.5 Å². The van der Waals surface area contributed by atoms with Crippen LogP contribution in [0, 0.1) is 0 Å². The van der Waals surface area contributed by atoms with Crippen molar-refractivity contribution in [2.75, 3.05) is 6.54 Å². The number of nitrogens with zero attached hydrogens (tertiary/aromatic N) is 2. The zero-order valence-electron chi connectivity index (χ0n) is 17.8. The van der Waals surface area contributed by atoms with Crippen LogP contribution in [-0.2, 0) is 25.7 Å². The van der Waals surface area contributed by atoms with Gasteiger partial charge in [0.25, 0.3) is 5.91 Å². The normalized spacial score (nSPS) is 21.1. The van der Waals surface area contributed by atoms with E-state index in [0.29, 0.717) is 50.8 Å². The molecule has 0 unspecified atom stereocenters. The minimum Gasteiger partial charge on any atom is -0.368 e. The molecule has 1 aromatic rings. The first-order chi connectivity index (χ1) is 15.3. The third-order valence-electron chi connectivity index (χ3n) is 5.84.